The summed E-state index contributed by atoms with van der Waals surface area (Å²) < 4.78 is 26.1. The number of H-pyrrole nitrogens is 1. The summed E-state index contributed by atoms with van der Waals surface area (Å²) in [5.41, 5.74) is -0.773. The zero-order valence-corrected chi connectivity index (χ0v) is 8.11. The van der Waals surface area contributed by atoms with E-state index in [4.69, 9.17) is 11.6 Å². The zero-order chi connectivity index (χ0) is 11.0. The molecule has 0 amide bonds. The molecule has 0 aliphatic rings. The van der Waals surface area contributed by atoms with Gasteiger partial charge in [0.15, 0.2) is 5.82 Å². The van der Waals surface area contributed by atoms with Crippen molar-refractivity contribution in [3.8, 4) is 0 Å². The number of fused-ring (bicyclic) bond motifs is 1. The number of hydrogen-bond acceptors (Lipinski definition) is 2. The number of alkyl halides is 1. The van der Waals surface area contributed by atoms with Gasteiger partial charge in [-0.05, 0) is 6.07 Å². The number of aromatic amines is 1. The first kappa shape index (κ1) is 10.0. The highest BCUT2D eigenvalue weighted by Gasteiger charge is 2.09. The third kappa shape index (κ3) is 1.70. The molecule has 0 radical (unpaired) electrons. The number of benzene rings is 1. The average molecular weight is 231 g/mol. The Kier molecular flexibility index (Phi) is 2.40. The van der Waals surface area contributed by atoms with Gasteiger partial charge in [0, 0.05) is 6.07 Å². The summed E-state index contributed by atoms with van der Waals surface area (Å²) >= 11 is 5.45. The topological polar surface area (TPSA) is 45.8 Å². The van der Waals surface area contributed by atoms with Gasteiger partial charge in [-0.1, -0.05) is 0 Å². The predicted octanol–water partition coefficient (Wildman–Crippen LogP) is 1.94. The fourth-order valence-corrected chi connectivity index (χ4v) is 1.40. The van der Waals surface area contributed by atoms with Crippen LogP contribution in [0.15, 0.2) is 16.9 Å². The molecular weight excluding hydrogens is 226 g/mol. The number of nitrogens with one attached hydrogen (secondary N) is 1. The molecule has 1 aromatic heterocycles. The van der Waals surface area contributed by atoms with Crippen molar-refractivity contribution in [1.82, 2.24) is 9.97 Å². The SMILES string of the molecule is O=c1[nH]c(CCl)nc2c(F)cc(F)cc12. The van der Waals surface area contributed by atoms with E-state index in [0.29, 0.717) is 6.07 Å². The van der Waals surface area contributed by atoms with Crippen LogP contribution in [0.4, 0.5) is 8.78 Å². The second-order valence-corrected chi connectivity index (χ2v) is 3.20. The van der Waals surface area contributed by atoms with Crippen molar-refractivity contribution in [3.63, 3.8) is 0 Å². The molecule has 0 bridgehead atoms. The van der Waals surface area contributed by atoms with Gasteiger partial charge in [0.1, 0.15) is 17.2 Å². The molecule has 6 heteroatoms. The molecule has 0 aliphatic heterocycles. The molecule has 2 aromatic rings. The summed E-state index contributed by atoms with van der Waals surface area (Å²) in [7, 11) is 0. The van der Waals surface area contributed by atoms with Crippen LogP contribution in [0, 0.1) is 11.6 Å². The number of halogens is 3. The van der Waals surface area contributed by atoms with Crippen LogP contribution in [-0.2, 0) is 5.88 Å². The first-order valence-corrected chi connectivity index (χ1v) is 4.59. The summed E-state index contributed by atoms with van der Waals surface area (Å²) in [6.45, 7) is 0. The van der Waals surface area contributed by atoms with Crippen LogP contribution in [0.1, 0.15) is 5.82 Å². The van der Waals surface area contributed by atoms with Gasteiger partial charge in [-0.2, -0.15) is 0 Å². The lowest BCUT2D eigenvalue weighted by Crippen LogP contribution is -2.12. The second kappa shape index (κ2) is 3.58. The molecule has 2 rings (SSSR count). The maximum atomic E-state index is 13.2. The molecule has 1 heterocycles. The molecule has 0 atom stereocenters. The van der Waals surface area contributed by atoms with Crippen molar-refractivity contribution >= 4 is 22.5 Å². The molecule has 0 fully saturated rings. The highest BCUT2D eigenvalue weighted by Crippen LogP contribution is 2.14. The Morgan fingerprint density at radius 3 is 2.80 bits per heavy atom. The summed E-state index contributed by atoms with van der Waals surface area (Å²) in [5.74, 6) is -1.57. The molecule has 1 aromatic carbocycles. The zero-order valence-electron chi connectivity index (χ0n) is 7.35. The molecule has 0 saturated heterocycles. The average Bonchev–Trinajstić information content (AvgIpc) is 2.19. The molecule has 0 saturated carbocycles. The van der Waals surface area contributed by atoms with E-state index in [9.17, 15) is 13.6 Å². The Hall–Kier alpha value is -1.49. The van der Waals surface area contributed by atoms with Gasteiger partial charge in [-0.25, -0.2) is 13.8 Å². The van der Waals surface area contributed by atoms with Crippen LogP contribution >= 0.6 is 11.6 Å². The maximum absolute atomic E-state index is 13.2. The minimum absolute atomic E-state index is 0.0397. The smallest absolute Gasteiger partial charge is 0.259 e. The molecular formula is C9H5ClF2N2O. The van der Waals surface area contributed by atoms with Crippen molar-refractivity contribution in [2.45, 2.75) is 5.88 Å². The Labute approximate surface area is 87.7 Å². The Morgan fingerprint density at radius 1 is 1.40 bits per heavy atom. The molecule has 0 aliphatic carbocycles. The first-order valence-electron chi connectivity index (χ1n) is 4.05. The highest BCUT2D eigenvalue weighted by molar-refractivity contribution is 6.16. The van der Waals surface area contributed by atoms with Gasteiger partial charge in [0.25, 0.3) is 5.56 Å². The standard InChI is InChI=1S/C9H5ClF2N2O/c10-3-7-13-8-5(9(15)14-7)1-4(11)2-6(8)12/h1-2H,3H2,(H,13,14,15). The van der Waals surface area contributed by atoms with Gasteiger partial charge in [0.05, 0.1) is 11.3 Å². The van der Waals surface area contributed by atoms with Crippen LogP contribution in [0.2, 0.25) is 0 Å². The maximum Gasteiger partial charge on any atom is 0.259 e. The molecule has 1 N–H and O–H groups in total. The van der Waals surface area contributed by atoms with Gasteiger partial charge in [-0.3, -0.25) is 4.79 Å². The number of nitrogens with zero attached hydrogens (tertiary/aromatic N) is 1. The number of aromatic nitrogens is 2. The lowest BCUT2D eigenvalue weighted by molar-refractivity contribution is 0.589. The fraction of sp³-hybridized carbons (Fsp3) is 0.111. The number of rotatable bonds is 1. The second-order valence-electron chi connectivity index (χ2n) is 2.93. The lowest BCUT2D eigenvalue weighted by atomic mass is 10.2. The third-order valence-corrected chi connectivity index (χ3v) is 2.16. The van der Waals surface area contributed by atoms with Gasteiger partial charge in [0.2, 0.25) is 0 Å². The van der Waals surface area contributed by atoms with E-state index >= 15 is 0 Å². The van der Waals surface area contributed by atoms with Crippen molar-refractivity contribution < 1.29 is 8.78 Å². The minimum atomic E-state index is -0.873. The molecule has 78 valence electrons. The van der Waals surface area contributed by atoms with Gasteiger partial charge < -0.3 is 4.98 Å². The summed E-state index contributed by atoms with van der Waals surface area (Å²) in [6, 6.07) is 1.61. The number of hydrogen-bond donors (Lipinski definition) is 1. The van der Waals surface area contributed by atoms with Crippen LogP contribution in [0.25, 0.3) is 10.9 Å². The van der Waals surface area contributed by atoms with Crippen LogP contribution in [0.5, 0.6) is 0 Å². The normalized spacial score (nSPS) is 10.9. The Morgan fingerprint density at radius 2 is 2.13 bits per heavy atom. The fourth-order valence-electron chi connectivity index (χ4n) is 1.28. The van der Waals surface area contributed by atoms with E-state index in [-0.39, 0.29) is 22.6 Å². The Balaban J connectivity index is 2.91. The van der Waals surface area contributed by atoms with E-state index in [2.05, 4.69) is 9.97 Å². The van der Waals surface area contributed by atoms with Crippen molar-refractivity contribution in [2.24, 2.45) is 0 Å². The van der Waals surface area contributed by atoms with Crippen LogP contribution in [-0.4, -0.2) is 9.97 Å². The van der Waals surface area contributed by atoms with E-state index in [1.807, 2.05) is 0 Å². The molecule has 3 nitrogen and oxygen atoms in total. The van der Waals surface area contributed by atoms with E-state index < -0.39 is 17.2 Å². The van der Waals surface area contributed by atoms with Gasteiger partial charge in [-0.15, -0.1) is 11.6 Å². The largest absolute Gasteiger partial charge is 0.309 e. The third-order valence-electron chi connectivity index (χ3n) is 1.90. The lowest BCUT2D eigenvalue weighted by Gasteiger charge is -2.00. The quantitative estimate of drug-likeness (QED) is 0.761. The van der Waals surface area contributed by atoms with Crippen molar-refractivity contribution in [3.05, 3.63) is 39.9 Å². The molecule has 0 unspecified atom stereocenters. The predicted molar refractivity (Wildman–Crippen MR) is 51.8 cm³/mol. The van der Waals surface area contributed by atoms with Crippen LogP contribution < -0.4 is 5.56 Å². The molecule has 15 heavy (non-hydrogen) atoms. The first-order chi connectivity index (χ1) is 7.11. The van der Waals surface area contributed by atoms with Crippen molar-refractivity contribution in [1.29, 1.82) is 0 Å². The summed E-state index contributed by atoms with van der Waals surface area (Å²) in [6.07, 6.45) is 0. The van der Waals surface area contributed by atoms with Crippen molar-refractivity contribution in [2.75, 3.05) is 0 Å². The van der Waals surface area contributed by atoms with E-state index in [0.717, 1.165) is 6.07 Å². The highest BCUT2D eigenvalue weighted by atomic mass is 35.5. The van der Waals surface area contributed by atoms with E-state index in [1.165, 1.54) is 0 Å². The Bertz CT molecular complexity index is 582. The van der Waals surface area contributed by atoms with E-state index in [1.54, 1.807) is 0 Å². The summed E-state index contributed by atoms with van der Waals surface area (Å²) in [5, 5.41) is -0.124. The van der Waals surface area contributed by atoms with Gasteiger partial charge >= 0.3 is 0 Å². The monoisotopic (exact) mass is 230 g/mol. The molecule has 0 spiro atoms. The minimum Gasteiger partial charge on any atom is -0.309 e. The summed E-state index contributed by atoms with van der Waals surface area (Å²) in [4.78, 5) is 17.5. The van der Waals surface area contributed by atoms with Crippen LogP contribution in [0.3, 0.4) is 0 Å².